The number of aromatic nitrogens is 3. The lowest BCUT2D eigenvalue weighted by Crippen LogP contribution is -2.28. The Bertz CT molecular complexity index is 466. The minimum Gasteiger partial charge on any atom is -0.350 e. The highest BCUT2D eigenvalue weighted by molar-refractivity contribution is 7.99. The zero-order valence-electron chi connectivity index (χ0n) is 11.7. The third kappa shape index (κ3) is 3.11. The molecule has 2 atom stereocenters. The van der Waals surface area contributed by atoms with E-state index in [1.807, 2.05) is 11.8 Å². The van der Waals surface area contributed by atoms with Crippen LogP contribution in [-0.4, -0.2) is 45.6 Å². The lowest BCUT2D eigenvalue weighted by molar-refractivity contribution is 0.751. The molecule has 0 amide bonds. The Morgan fingerprint density at radius 2 is 1.95 bits per heavy atom. The summed E-state index contributed by atoms with van der Waals surface area (Å²) >= 11 is 7.97. The van der Waals surface area contributed by atoms with Crippen molar-refractivity contribution in [2.24, 2.45) is 0 Å². The van der Waals surface area contributed by atoms with Crippen molar-refractivity contribution in [2.75, 3.05) is 29.6 Å². The molecule has 5 nitrogen and oxygen atoms in total. The van der Waals surface area contributed by atoms with Crippen LogP contribution in [0.5, 0.6) is 0 Å². The van der Waals surface area contributed by atoms with E-state index in [0.29, 0.717) is 23.2 Å². The van der Waals surface area contributed by atoms with Gasteiger partial charge in [-0.2, -0.15) is 26.7 Å². The van der Waals surface area contributed by atoms with Gasteiger partial charge in [-0.05, 0) is 43.5 Å². The molecule has 2 fully saturated rings. The van der Waals surface area contributed by atoms with Crippen LogP contribution >= 0.6 is 23.4 Å². The number of nitrogens with one attached hydrogen (secondary N) is 1. The summed E-state index contributed by atoms with van der Waals surface area (Å²) in [6.07, 6.45) is 8.26. The average molecular weight is 314 g/mol. The van der Waals surface area contributed by atoms with Gasteiger partial charge in [-0.1, -0.05) is 6.42 Å². The van der Waals surface area contributed by atoms with E-state index >= 15 is 0 Å². The second kappa shape index (κ2) is 6.35. The SMILES string of the molecule is CSC1CCCC1Nc1nc(Cl)nc(N2CCCC2)n1. The summed E-state index contributed by atoms with van der Waals surface area (Å²) in [6.45, 7) is 2.02. The van der Waals surface area contributed by atoms with E-state index in [0.717, 1.165) is 13.1 Å². The monoisotopic (exact) mass is 313 g/mol. The number of hydrogen-bond acceptors (Lipinski definition) is 6. The molecule has 0 bridgehead atoms. The number of hydrogen-bond donors (Lipinski definition) is 1. The summed E-state index contributed by atoms with van der Waals surface area (Å²) in [4.78, 5) is 15.2. The third-order valence-corrected chi connectivity index (χ3v) is 5.39. The first-order chi connectivity index (χ1) is 9.76. The van der Waals surface area contributed by atoms with Gasteiger partial charge in [0.25, 0.3) is 0 Å². The Labute approximate surface area is 128 Å². The minimum absolute atomic E-state index is 0.281. The van der Waals surface area contributed by atoms with Gasteiger partial charge in [0.05, 0.1) is 0 Å². The summed E-state index contributed by atoms with van der Waals surface area (Å²) < 4.78 is 0. The van der Waals surface area contributed by atoms with Crippen molar-refractivity contribution in [2.45, 2.75) is 43.4 Å². The molecule has 1 saturated heterocycles. The Kier molecular flexibility index (Phi) is 4.51. The topological polar surface area (TPSA) is 53.9 Å². The molecule has 2 heterocycles. The fraction of sp³-hybridized carbons (Fsp3) is 0.769. The molecule has 20 heavy (non-hydrogen) atoms. The molecule has 2 unspecified atom stereocenters. The van der Waals surface area contributed by atoms with Crippen molar-refractivity contribution in [3.05, 3.63) is 5.28 Å². The van der Waals surface area contributed by atoms with Crippen LogP contribution in [0, 0.1) is 0 Å². The van der Waals surface area contributed by atoms with Crippen LogP contribution in [0.2, 0.25) is 5.28 Å². The van der Waals surface area contributed by atoms with Gasteiger partial charge in [0.15, 0.2) is 0 Å². The molecule has 1 aromatic rings. The number of halogens is 1. The quantitative estimate of drug-likeness (QED) is 0.922. The summed E-state index contributed by atoms with van der Waals surface area (Å²) in [7, 11) is 0. The van der Waals surface area contributed by atoms with Crippen molar-refractivity contribution in [3.8, 4) is 0 Å². The lowest BCUT2D eigenvalue weighted by atomic mass is 10.2. The van der Waals surface area contributed by atoms with Gasteiger partial charge in [0.1, 0.15) is 0 Å². The Balaban J connectivity index is 1.75. The number of anilines is 2. The molecule has 1 saturated carbocycles. The second-order valence-electron chi connectivity index (χ2n) is 5.38. The molecule has 1 aliphatic heterocycles. The Hall–Kier alpha value is -0.750. The van der Waals surface area contributed by atoms with Crippen molar-refractivity contribution < 1.29 is 0 Å². The third-order valence-electron chi connectivity index (χ3n) is 4.06. The van der Waals surface area contributed by atoms with Crippen LogP contribution in [-0.2, 0) is 0 Å². The van der Waals surface area contributed by atoms with Gasteiger partial charge in [0.2, 0.25) is 17.2 Å². The summed E-state index contributed by atoms with van der Waals surface area (Å²) in [6, 6.07) is 0.440. The van der Waals surface area contributed by atoms with Gasteiger partial charge in [-0.25, -0.2) is 0 Å². The zero-order chi connectivity index (χ0) is 13.9. The van der Waals surface area contributed by atoms with E-state index < -0.39 is 0 Å². The predicted molar refractivity (Wildman–Crippen MR) is 84.8 cm³/mol. The largest absolute Gasteiger partial charge is 0.350 e. The van der Waals surface area contributed by atoms with Crippen LogP contribution in [0.15, 0.2) is 0 Å². The number of rotatable bonds is 4. The van der Waals surface area contributed by atoms with E-state index in [9.17, 15) is 0 Å². The maximum absolute atomic E-state index is 6.05. The summed E-state index contributed by atoms with van der Waals surface area (Å²) in [5, 5.41) is 4.37. The van der Waals surface area contributed by atoms with Gasteiger partial charge in [0, 0.05) is 24.4 Å². The van der Waals surface area contributed by atoms with Crippen molar-refractivity contribution in [3.63, 3.8) is 0 Å². The molecular formula is C13H20ClN5S. The first-order valence-electron chi connectivity index (χ1n) is 7.22. The van der Waals surface area contributed by atoms with Gasteiger partial charge in [-0.3, -0.25) is 0 Å². The molecule has 0 radical (unpaired) electrons. The second-order valence-corrected chi connectivity index (χ2v) is 6.79. The van der Waals surface area contributed by atoms with E-state index in [1.165, 1.54) is 32.1 Å². The maximum atomic E-state index is 6.05. The van der Waals surface area contributed by atoms with Crippen molar-refractivity contribution in [1.82, 2.24) is 15.0 Å². The zero-order valence-corrected chi connectivity index (χ0v) is 13.3. The smallest absolute Gasteiger partial charge is 0.231 e. The molecule has 3 rings (SSSR count). The maximum Gasteiger partial charge on any atom is 0.231 e. The lowest BCUT2D eigenvalue weighted by Gasteiger charge is -2.20. The van der Waals surface area contributed by atoms with E-state index in [1.54, 1.807) is 0 Å². The van der Waals surface area contributed by atoms with Crippen LogP contribution < -0.4 is 10.2 Å². The van der Waals surface area contributed by atoms with Crippen LogP contribution in [0.4, 0.5) is 11.9 Å². The van der Waals surface area contributed by atoms with Crippen molar-refractivity contribution in [1.29, 1.82) is 0 Å². The van der Waals surface area contributed by atoms with Crippen LogP contribution in [0.3, 0.4) is 0 Å². The van der Waals surface area contributed by atoms with Gasteiger partial charge in [-0.15, -0.1) is 0 Å². The van der Waals surface area contributed by atoms with Crippen LogP contribution in [0.1, 0.15) is 32.1 Å². The average Bonchev–Trinajstić information content (AvgIpc) is 3.08. The Morgan fingerprint density at radius 1 is 1.15 bits per heavy atom. The molecule has 0 aromatic carbocycles. The highest BCUT2D eigenvalue weighted by atomic mass is 35.5. The predicted octanol–water partition coefficient (Wildman–Crippen LogP) is 2.82. The van der Waals surface area contributed by atoms with E-state index in [-0.39, 0.29) is 5.28 Å². The van der Waals surface area contributed by atoms with E-state index in [4.69, 9.17) is 11.6 Å². The first-order valence-corrected chi connectivity index (χ1v) is 8.89. The van der Waals surface area contributed by atoms with Gasteiger partial charge >= 0.3 is 0 Å². The molecule has 7 heteroatoms. The van der Waals surface area contributed by atoms with E-state index in [2.05, 4.69) is 31.4 Å². The molecule has 1 aromatic heterocycles. The Morgan fingerprint density at radius 3 is 2.70 bits per heavy atom. The molecule has 110 valence electrons. The molecular weight excluding hydrogens is 294 g/mol. The fourth-order valence-corrected chi connectivity index (χ4v) is 4.09. The highest BCUT2D eigenvalue weighted by Gasteiger charge is 2.27. The normalized spacial score (nSPS) is 26.2. The van der Waals surface area contributed by atoms with Crippen LogP contribution in [0.25, 0.3) is 0 Å². The molecule has 0 spiro atoms. The van der Waals surface area contributed by atoms with Crippen molar-refractivity contribution >= 4 is 35.3 Å². The number of thioether (sulfide) groups is 1. The highest BCUT2D eigenvalue weighted by Crippen LogP contribution is 2.30. The minimum atomic E-state index is 0.281. The first kappa shape index (κ1) is 14.2. The number of nitrogens with zero attached hydrogens (tertiary/aromatic N) is 4. The summed E-state index contributed by atoms with van der Waals surface area (Å²) in [5.41, 5.74) is 0. The molecule has 2 aliphatic rings. The standard InChI is InChI=1S/C13H20ClN5S/c1-20-10-6-4-5-9(10)15-12-16-11(14)17-13(18-12)19-7-2-3-8-19/h9-10H,2-8H2,1H3,(H,15,16,17,18). The molecule has 1 aliphatic carbocycles. The van der Waals surface area contributed by atoms with Gasteiger partial charge < -0.3 is 10.2 Å². The fourth-order valence-electron chi connectivity index (χ4n) is 3.00. The summed E-state index contributed by atoms with van der Waals surface area (Å²) in [5.74, 6) is 1.33. The molecule has 1 N–H and O–H groups in total.